The summed E-state index contributed by atoms with van der Waals surface area (Å²) >= 11 is 0. The summed E-state index contributed by atoms with van der Waals surface area (Å²) in [6.45, 7) is 1.81. The van der Waals surface area contributed by atoms with E-state index >= 15 is 0 Å². The first-order valence-corrected chi connectivity index (χ1v) is 4.29. The first-order valence-electron chi connectivity index (χ1n) is 4.29. The van der Waals surface area contributed by atoms with E-state index < -0.39 is 12.2 Å². The van der Waals surface area contributed by atoms with Gasteiger partial charge in [0.15, 0.2) is 0 Å². The van der Waals surface area contributed by atoms with E-state index in [0.717, 1.165) is 5.56 Å². The molecule has 13 heavy (non-hydrogen) atoms. The maximum Gasteiger partial charge on any atom is 0.108 e. The molecule has 1 aromatic rings. The van der Waals surface area contributed by atoms with Crippen molar-refractivity contribution in [1.29, 1.82) is 0 Å². The van der Waals surface area contributed by atoms with Crippen molar-refractivity contribution in [3.05, 3.63) is 48.0 Å². The quantitative estimate of drug-likeness (QED) is 0.691. The van der Waals surface area contributed by atoms with Gasteiger partial charge in [0.25, 0.3) is 0 Å². The van der Waals surface area contributed by atoms with Crippen molar-refractivity contribution in [2.24, 2.45) is 0 Å². The zero-order valence-electron chi connectivity index (χ0n) is 7.59. The van der Waals surface area contributed by atoms with Crippen molar-refractivity contribution in [2.75, 3.05) is 0 Å². The minimum atomic E-state index is -0.836. The number of hydrogen-bond donors (Lipinski definition) is 2. The highest BCUT2D eigenvalue weighted by molar-refractivity contribution is 5.19. The number of rotatable bonds is 3. The lowest BCUT2D eigenvalue weighted by Gasteiger charge is -2.14. The van der Waals surface area contributed by atoms with Crippen molar-refractivity contribution in [1.82, 2.24) is 0 Å². The molecule has 0 spiro atoms. The maximum atomic E-state index is 9.62. The molecule has 2 unspecified atom stereocenters. The second-order valence-corrected chi connectivity index (χ2v) is 2.87. The van der Waals surface area contributed by atoms with Gasteiger partial charge >= 0.3 is 0 Å². The predicted molar refractivity (Wildman–Crippen MR) is 52.2 cm³/mol. The first kappa shape index (κ1) is 9.96. The van der Waals surface area contributed by atoms with Crippen LogP contribution in [0.15, 0.2) is 42.5 Å². The van der Waals surface area contributed by atoms with Crippen LogP contribution in [0.25, 0.3) is 0 Å². The molecular formula is C11H14O2. The third kappa shape index (κ3) is 2.68. The van der Waals surface area contributed by atoms with E-state index in [9.17, 15) is 10.2 Å². The smallest absolute Gasteiger partial charge is 0.108 e. The van der Waals surface area contributed by atoms with Gasteiger partial charge in [0, 0.05) is 0 Å². The summed E-state index contributed by atoms with van der Waals surface area (Å²) in [4.78, 5) is 0. The number of aliphatic hydroxyl groups is 2. The van der Waals surface area contributed by atoms with E-state index in [1.807, 2.05) is 18.2 Å². The van der Waals surface area contributed by atoms with Gasteiger partial charge in [0.1, 0.15) is 12.2 Å². The Kier molecular flexibility index (Phi) is 3.68. The monoisotopic (exact) mass is 178 g/mol. The normalized spacial score (nSPS) is 15.9. The van der Waals surface area contributed by atoms with E-state index in [4.69, 9.17) is 0 Å². The lowest BCUT2D eigenvalue weighted by atomic mass is 10.0. The molecule has 2 N–H and O–H groups in total. The summed E-state index contributed by atoms with van der Waals surface area (Å²) in [6.07, 6.45) is 1.62. The summed E-state index contributed by atoms with van der Waals surface area (Å²) in [7, 11) is 0. The molecular weight excluding hydrogens is 164 g/mol. The molecule has 0 fully saturated rings. The third-order valence-corrected chi connectivity index (χ3v) is 1.85. The molecule has 0 aliphatic carbocycles. The van der Waals surface area contributed by atoms with Gasteiger partial charge in [-0.2, -0.15) is 0 Å². The highest BCUT2D eigenvalue weighted by Crippen LogP contribution is 2.16. The lowest BCUT2D eigenvalue weighted by molar-refractivity contribution is 0.0482. The van der Waals surface area contributed by atoms with Crippen molar-refractivity contribution in [3.63, 3.8) is 0 Å². The van der Waals surface area contributed by atoms with Crippen LogP contribution in [-0.4, -0.2) is 16.3 Å². The Labute approximate surface area is 78.2 Å². The molecule has 0 saturated heterocycles. The van der Waals surface area contributed by atoms with Gasteiger partial charge in [-0.05, 0) is 12.5 Å². The van der Waals surface area contributed by atoms with E-state index in [1.165, 1.54) is 0 Å². The molecule has 2 nitrogen and oxygen atoms in total. The molecule has 0 heterocycles. The molecule has 70 valence electrons. The van der Waals surface area contributed by atoms with E-state index in [1.54, 1.807) is 31.2 Å². The van der Waals surface area contributed by atoms with E-state index in [2.05, 4.69) is 0 Å². The van der Waals surface area contributed by atoms with Crippen LogP contribution in [0, 0.1) is 0 Å². The minimum Gasteiger partial charge on any atom is -0.386 e. The molecule has 1 rings (SSSR count). The van der Waals surface area contributed by atoms with Crippen molar-refractivity contribution in [3.8, 4) is 0 Å². The molecule has 0 aliphatic rings. The molecule has 0 saturated carbocycles. The van der Waals surface area contributed by atoms with Gasteiger partial charge in [-0.1, -0.05) is 42.5 Å². The van der Waals surface area contributed by atoms with Gasteiger partial charge in [-0.25, -0.2) is 0 Å². The summed E-state index contributed by atoms with van der Waals surface area (Å²) in [5, 5.41) is 19.1. The summed E-state index contributed by atoms with van der Waals surface area (Å²) in [5.74, 6) is 0. The fraction of sp³-hybridized carbons (Fsp3) is 0.273. The number of aliphatic hydroxyl groups excluding tert-OH is 2. The largest absolute Gasteiger partial charge is 0.386 e. The molecule has 0 aromatic heterocycles. The van der Waals surface area contributed by atoms with Crippen LogP contribution >= 0.6 is 0 Å². The lowest BCUT2D eigenvalue weighted by Crippen LogP contribution is -2.15. The SMILES string of the molecule is C/C=C/C(O)C(O)c1ccccc1. The zero-order valence-corrected chi connectivity index (χ0v) is 7.59. The summed E-state index contributed by atoms with van der Waals surface area (Å²) in [6, 6.07) is 9.12. The van der Waals surface area contributed by atoms with Crippen LogP contribution < -0.4 is 0 Å². The van der Waals surface area contributed by atoms with Crippen molar-refractivity contribution in [2.45, 2.75) is 19.1 Å². The Morgan fingerprint density at radius 1 is 1.15 bits per heavy atom. The highest BCUT2D eigenvalue weighted by Gasteiger charge is 2.14. The Morgan fingerprint density at radius 3 is 2.31 bits per heavy atom. The Hall–Kier alpha value is -1.12. The fourth-order valence-corrected chi connectivity index (χ4v) is 1.15. The highest BCUT2D eigenvalue weighted by atomic mass is 16.3. The average Bonchev–Trinajstić information content (AvgIpc) is 2.18. The van der Waals surface area contributed by atoms with Gasteiger partial charge in [0.05, 0.1) is 0 Å². The second-order valence-electron chi connectivity index (χ2n) is 2.87. The predicted octanol–water partition coefficient (Wildman–Crippen LogP) is 1.66. The Balaban J connectivity index is 2.73. The maximum absolute atomic E-state index is 9.62. The van der Waals surface area contributed by atoms with Gasteiger partial charge in [-0.3, -0.25) is 0 Å². The summed E-state index contributed by atoms with van der Waals surface area (Å²) in [5.41, 5.74) is 0.730. The van der Waals surface area contributed by atoms with Crippen LogP contribution in [0.5, 0.6) is 0 Å². The number of hydrogen-bond acceptors (Lipinski definition) is 2. The van der Waals surface area contributed by atoms with Crippen LogP contribution in [-0.2, 0) is 0 Å². The van der Waals surface area contributed by atoms with Gasteiger partial charge in [0.2, 0.25) is 0 Å². The Morgan fingerprint density at radius 2 is 1.77 bits per heavy atom. The van der Waals surface area contributed by atoms with Gasteiger partial charge < -0.3 is 10.2 Å². The summed E-state index contributed by atoms with van der Waals surface area (Å²) < 4.78 is 0. The minimum absolute atomic E-state index is 0.730. The Bertz CT molecular complexity index is 267. The molecule has 0 amide bonds. The topological polar surface area (TPSA) is 40.5 Å². The number of benzene rings is 1. The van der Waals surface area contributed by atoms with Crippen LogP contribution in [0.4, 0.5) is 0 Å². The molecule has 0 bridgehead atoms. The van der Waals surface area contributed by atoms with Gasteiger partial charge in [-0.15, -0.1) is 0 Å². The van der Waals surface area contributed by atoms with Crippen LogP contribution in [0.3, 0.4) is 0 Å². The zero-order chi connectivity index (χ0) is 9.68. The molecule has 0 radical (unpaired) electrons. The number of allylic oxidation sites excluding steroid dienone is 1. The van der Waals surface area contributed by atoms with Crippen molar-refractivity contribution < 1.29 is 10.2 Å². The second kappa shape index (κ2) is 4.80. The van der Waals surface area contributed by atoms with E-state index in [-0.39, 0.29) is 0 Å². The standard InChI is InChI=1S/C11H14O2/c1-2-6-10(12)11(13)9-7-4-3-5-8-9/h2-8,10-13H,1H3/b6-2+. The van der Waals surface area contributed by atoms with E-state index in [0.29, 0.717) is 0 Å². The average molecular weight is 178 g/mol. The fourth-order valence-electron chi connectivity index (χ4n) is 1.15. The van der Waals surface area contributed by atoms with Crippen LogP contribution in [0.2, 0.25) is 0 Å². The van der Waals surface area contributed by atoms with Crippen LogP contribution in [0.1, 0.15) is 18.6 Å². The molecule has 2 atom stereocenters. The third-order valence-electron chi connectivity index (χ3n) is 1.85. The molecule has 1 aromatic carbocycles. The molecule has 2 heteroatoms. The first-order chi connectivity index (χ1) is 6.25. The van der Waals surface area contributed by atoms with Crippen molar-refractivity contribution >= 4 is 0 Å². The molecule has 0 aliphatic heterocycles.